The summed E-state index contributed by atoms with van der Waals surface area (Å²) in [4.78, 5) is 13.9. The van der Waals surface area contributed by atoms with Crippen LogP contribution in [0.1, 0.15) is 16.7 Å². The molecule has 0 unspecified atom stereocenters. The zero-order valence-electron chi connectivity index (χ0n) is 11.0. The average molecular weight is 275 g/mol. The van der Waals surface area contributed by atoms with E-state index in [1.165, 1.54) is 12.1 Å². The Kier molecular flexibility index (Phi) is 4.37. The fraction of sp³-hybridized carbons (Fsp3) is 0.214. The number of hydrogen-bond donors (Lipinski definition) is 1. The van der Waals surface area contributed by atoms with Crippen molar-refractivity contribution >= 4 is 5.69 Å². The minimum absolute atomic E-state index is 0.231. The van der Waals surface area contributed by atoms with Gasteiger partial charge in [0.1, 0.15) is 0 Å². The van der Waals surface area contributed by atoms with Crippen molar-refractivity contribution in [3.05, 3.63) is 69.3 Å². The number of aryl methyl sites for hydroxylation is 1. The molecule has 0 saturated heterocycles. The van der Waals surface area contributed by atoms with Crippen LogP contribution in [0.25, 0.3) is 0 Å². The number of nitrogens with one attached hydrogen (secondary N) is 1. The maximum absolute atomic E-state index is 13.8. The first-order valence-corrected chi connectivity index (χ1v) is 6.11. The molecule has 0 atom stereocenters. The highest BCUT2D eigenvalue weighted by atomic mass is 19.1. The Balaban J connectivity index is 2.03. The number of pyridine rings is 1. The molecule has 0 aliphatic heterocycles. The SMILES string of the molecule is Cc1cnccc1CNCc1cccc([N+](=O)[O-])c1F. The second-order valence-corrected chi connectivity index (χ2v) is 4.41. The van der Waals surface area contributed by atoms with Crippen LogP contribution < -0.4 is 5.32 Å². The van der Waals surface area contributed by atoms with Crippen molar-refractivity contribution in [1.29, 1.82) is 0 Å². The Hall–Kier alpha value is -2.34. The van der Waals surface area contributed by atoms with Crippen molar-refractivity contribution in [3.63, 3.8) is 0 Å². The molecule has 1 aromatic heterocycles. The first-order valence-electron chi connectivity index (χ1n) is 6.11. The van der Waals surface area contributed by atoms with Crippen LogP contribution in [0, 0.1) is 22.9 Å². The zero-order valence-corrected chi connectivity index (χ0v) is 11.0. The molecule has 1 N–H and O–H groups in total. The third kappa shape index (κ3) is 3.16. The summed E-state index contributed by atoms with van der Waals surface area (Å²) in [5, 5.41) is 13.7. The van der Waals surface area contributed by atoms with Gasteiger partial charge in [0.2, 0.25) is 5.82 Å². The Morgan fingerprint density at radius 1 is 1.30 bits per heavy atom. The van der Waals surface area contributed by atoms with Crippen molar-refractivity contribution < 1.29 is 9.31 Å². The molecule has 5 nitrogen and oxygen atoms in total. The lowest BCUT2D eigenvalue weighted by atomic mass is 10.1. The number of aromatic nitrogens is 1. The van der Waals surface area contributed by atoms with E-state index in [1.54, 1.807) is 12.4 Å². The highest BCUT2D eigenvalue weighted by Gasteiger charge is 2.16. The van der Waals surface area contributed by atoms with Crippen LogP contribution in [0.15, 0.2) is 36.7 Å². The number of rotatable bonds is 5. The van der Waals surface area contributed by atoms with Gasteiger partial charge in [-0.3, -0.25) is 15.1 Å². The van der Waals surface area contributed by atoms with Crippen LogP contribution >= 0.6 is 0 Å². The smallest absolute Gasteiger partial charge is 0.305 e. The van der Waals surface area contributed by atoms with E-state index in [1.807, 2.05) is 13.0 Å². The van der Waals surface area contributed by atoms with E-state index in [0.717, 1.165) is 17.2 Å². The van der Waals surface area contributed by atoms with E-state index < -0.39 is 16.4 Å². The minimum atomic E-state index is -0.781. The van der Waals surface area contributed by atoms with Crippen molar-refractivity contribution in [2.45, 2.75) is 20.0 Å². The van der Waals surface area contributed by atoms with Gasteiger partial charge in [0.25, 0.3) is 0 Å². The fourth-order valence-corrected chi connectivity index (χ4v) is 1.88. The molecule has 0 aliphatic carbocycles. The van der Waals surface area contributed by atoms with E-state index >= 15 is 0 Å². The molecular weight excluding hydrogens is 261 g/mol. The van der Waals surface area contributed by atoms with Crippen molar-refractivity contribution in [2.75, 3.05) is 0 Å². The highest BCUT2D eigenvalue weighted by Crippen LogP contribution is 2.20. The molecule has 0 amide bonds. The normalized spacial score (nSPS) is 10.5. The van der Waals surface area contributed by atoms with E-state index in [0.29, 0.717) is 6.54 Å². The quantitative estimate of drug-likeness (QED) is 0.673. The maximum Gasteiger partial charge on any atom is 0.305 e. The summed E-state index contributed by atoms with van der Waals surface area (Å²) in [5.41, 5.74) is 1.89. The molecule has 0 saturated carbocycles. The van der Waals surface area contributed by atoms with Crippen LogP contribution in [0.3, 0.4) is 0 Å². The summed E-state index contributed by atoms with van der Waals surface area (Å²) in [5.74, 6) is -0.781. The van der Waals surface area contributed by atoms with Gasteiger partial charge in [0, 0.05) is 37.1 Å². The fourth-order valence-electron chi connectivity index (χ4n) is 1.88. The van der Waals surface area contributed by atoms with Gasteiger partial charge in [-0.05, 0) is 24.1 Å². The Morgan fingerprint density at radius 2 is 2.05 bits per heavy atom. The Labute approximate surface area is 115 Å². The Bertz CT molecular complexity index is 632. The summed E-state index contributed by atoms with van der Waals surface area (Å²) in [6.07, 6.45) is 3.45. The summed E-state index contributed by atoms with van der Waals surface area (Å²) in [7, 11) is 0. The van der Waals surface area contributed by atoms with Crippen LogP contribution in [0.2, 0.25) is 0 Å². The standard InChI is InChI=1S/C14H14FN3O2/c1-10-7-16-6-5-11(10)8-17-9-12-3-2-4-13(14(12)15)18(19)20/h2-7,17H,8-9H2,1H3. The molecule has 0 spiro atoms. The van der Waals surface area contributed by atoms with Crippen molar-refractivity contribution in [3.8, 4) is 0 Å². The highest BCUT2D eigenvalue weighted by molar-refractivity contribution is 5.36. The van der Waals surface area contributed by atoms with E-state index in [-0.39, 0.29) is 12.1 Å². The number of nitro benzene ring substituents is 1. The number of benzene rings is 1. The maximum atomic E-state index is 13.8. The lowest BCUT2D eigenvalue weighted by Crippen LogP contribution is -2.15. The topological polar surface area (TPSA) is 68.1 Å². The second kappa shape index (κ2) is 6.21. The van der Waals surface area contributed by atoms with Gasteiger partial charge < -0.3 is 5.32 Å². The number of halogens is 1. The molecule has 2 rings (SSSR count). The largest absolute Gasteiger partial charge is 0.308 e. The number of nitrogens with zero attached hydrogens (tertiary/aromatic N) is 2. The lowest BCUT2D eigenvalue weighted by molar-refractivity contribution is -0.387. The third-order valence-electron chi connectivity index (χ3n) is 3.02. The molecule has 0 aliphatic rings. The second-order valence-electron chi connectivity index (χ2n) is 4.41. The predicted octanol–water partition coefficient (Wildman–Crippen LogP) is 2.73. The number of nitro groups is 1. The van der Waals surface area contributed by atoms with E-state index in [9.17, 15) is 14.5 Å². The van der Waals surface area contributed by atoms with Crippen molar-refractivity contribution in [1.82, 2.24) is 10.3 Å². The molecule has 6 heteroatoms. The zero-order chi connectivity index (χ0) is 14.5. The van der Waals surface area contributed by atoms with E-state index in [4.69, 9.17) is 0 Å². The van der Waals surface area contributed by atoms with Gasteiger partial charge in [-0.2, -0.15) is 4.39 Å². The van der Waals surface area contributed by atoms with Crippen LogP contribution in [-0.2, 0) is 13.1 Å². The molecule has 104 valence electrons. The average Bonchev–Trinajstić information content (AvgIpc) is 2.42. The van der Waals surface area contributed by atoms with Crippen molar-refractivity contribution in [2.24, 2.45) is 0 Å². The molecular formula is C14H14FN3O2. The minimum Gasteiger partial charge on any atom is -0.308 e. The monoisotopic (exact) mass is 275 g/mol. The number of hydrogen-bond acceptors (Lipinski definition) is 4. The van der Waals surface area contributed by atoms with Gasteiger partial charge in [-0.15, -0.1) is 0 Å². The first-order chi connectivity index (χ1) is 9.59. The summed E-state index contributed by atoms with van der Waals surface area (Å²) in [6.45, 7) is 2.73. The summed E-state index contributed by atoms with van der Waals surface area (Å²) in [6, 6.07) is 6.06. The molecule has 0 fully saturated rings. The molecule has 1 heterocycles. The first kappa shape index (κ1) is 14.1. The van der Waals surface area contributed by atoms with Gasteiger partial charge in [0.05, 0.1) is 4.92 Å². The molecule has 1 aromatic carbocycles. The summed E-state index contributed by atoms with van der Waals surface area (Å²) < 4.78 is 13.8. The van der Waals surface area contributed by atoms with Gasteiger partial charge >= 0.3 is 5.69 Å². The van der Waals surface area contributed by atoms with E-state index in [2.05, 4.69) is 10.3 Å². The Morgan fingerprint density at radius 3 is 2.75 bits per heavy atom. The molecule has 2 aromatic rings. The predicted molar refractivity (Wildman–Crippen MR) is 72.6 cm³/mol. The van der Waals surface area contributed by atoms with Crippen LogP contribution in [0.5, 0.6) is 0 Å². The van der Waals surface area contributed by atoms with Gasteiger partial charge in [-0.1, -0.05) is 12.1 Å². The molecule has 0 bridgehead atoms. The van der Waals surface area contributed by atoms with Crippen LogP contribution in [-0.4, -0.2) is 9.91 Å². The van der Waals surface area contributed by atoms with Gasteiger partial charge in [-0.25, -0.2) is 0 Å². The third-order valence-corrected chi connectivity index (χ3v) is 3.02. The summed E-state index contributed by atoms with van der Waals surface area (Å²) >= 11 is 0. The van der Waals surface area contributed by atoms with Crippen LogP contribution in [0.4, 0.5) is 10.1 Å². The molecule has 0 radical (unpaired) electrons. The lowest BCUT2D eigenvalue weighted by Gasteiger charge is -2.08. The molecule has 20 heavy (non-hydrogen) atoms. The van der Waals surface area contributed by atoms with Gasteiger partial charge in [0.15, 0.2) is 0 Å².